The fraction of sp³-hybridized carbons (Fsp3) is 0.393. The maximum Gasteiger partial charge on any atom is 0.264 e. The summed E-state index contributed by atoms with van der Waals surface area (Å²) in [7, 11) is -4.07. The Balaban J connectivity index is 0.00000353. The van der Waals surface area contributed by atoms with E-state index in [0.29, 0.717) is 36.8 Å². The van der Waals surface area contributed by atoms with Crippen LogP contribution in [0.25, 0.3) is 11.3 Å². The van der Waals surface area contributed by atoms with Crippen molar-refractivity contribution in [3.63, 3.8) is 0 Å². The molecule has 0 unspecified atom stereocenters. The van der Waals surface area contributed by atoms with Gasteiger partial charge in [-0.2, -0.15) is 4.98 Å². The minimum atomic E-state index is -4.07. The van der Waals surface area contributed by atoms with Crippen LogP contribution in [-0.2, 0) is 10.0 Å². The monoisotopic (exact) mass is 571 g/mol. The number of aryl methyl sites for hydroxylation is 2. The van der Waals surface area contributed by atoms with E-state index >= 15 is 0 Å². The molecule has 208 valence electrons. The molecule has 0 aliphatic carbocycles. The highest BCUT2D eigenvalue weighted by molar-refractivity contribution is 7.92. The lowest BCUT2D eigenvalue weighted by molar-refractivity contribution is 0.0653. The minimum Gasteiger partial charge on any atom is -0.471 e. The third kappa shape index (κ3) is 6.18. The fourth-order valence-corrected chi connectivity index (χ4v) is 6.18. The van der Waals surface area contributed by atoms with E-state index < -0.39 is 16.1 Å². The summed E-state index contributed by atoms with van der Waals surface area (Å²) >= 11 is 0. The molecule has 0 saturated carbocycles. The van der Waals surface area contributed by atoms with Crippen LogP contribution in [0.5, 0.6) is 5.88 Å². The molecule has 9 nitrogen and oxygen atoms in total. The van der Waals surface area contributed by atoms with Crippen molar-refractivity contribution in [3.8, 4) is 17.1 Å². The number of nitrogens with one attached hydrogen (secondary N) is 2. The predicted octanol–water partition coefficient (Wildman–Crippen LogP) is 4.20. The van der Waals surface area contributed by atoms with Gasteiger partial charge in [-0.1, -0.05) is 38.1 Å². The quantitative estimate of drug-likeness (QED) is 0.484. The summed E-state index contributed by atoms with van der Waals surface area (Å²) in [4.78, 5) is 24.3. The molecular weight excluding hydrogens is 538 g/mol. The van der Waals surface area contributed by atoms with Gasteiger partial charge in [0.1, 0.15) is 6.10 Å². The first kappa shape index (κ1) is 28.8. The van der Waals surface area contributed by atoms with E-state index in [4.69, 9.17) is 4.74 Å². The maximum atomic E-state index is 13.5. The largest absolute Gasteiger partial charge is 0.471 e. The molecule has 2 atom stereocenters. The predicted molar refractivity (Wildman–Crippen MR) is 153 cm³/mol. The second kappa shape index (κ2) is 11.5. The first-order valence-corrected chi connectivity index (χ1v) is 14.4. The number of halogens is 1. The average Bonchev–Trinajstić information content (AvgIpc) is 3.04. The third-order valence-electron chi connectivity index (χ3n) is 6.98. The van der Waals surface area contributed by atoms with Gasteiger partial charge in [0.25, 0.3) is 15.9 Å². The van der Waals surface area contributed by atoms with Gasteiger partial charge in [0.15, 0.2) is 0 Å². The lowest BCUT2D eigenvalue weighted by Crippen LogP contribution is -2.46. The molecule has 0 spiro atoms. The van der Waals surface area contributed by atoms with Crippen molar-refractivity contribution in [1.29, 1.82) is 0 Å². The molecule has 0 radical (unpaired) electrons. The number of amides is 1. The van der Waals surface area contributed by atoms with E-state index in [1.54, 1.807) is 23.1 Å². The zero-order chi connectivity index (χ0) is 27.0. The van der Waals surface area contributed by atoms with Crippen molar-refractivity contribution >= 4 is 34.3 Å². The summed E-state index contributed by atoms with van der Waals surface area (Å²) in [5, 5.41) is 3.56. The number of ether oxygens (including phenoxy) is 1. The Morgan fingerprint density at radius 1 is 1.08 bits per heavy atom. The number of carbonyl (C=O) groups excluding carboxylic acids is 1. The molecule has 3 aromatic rings. The maximum absolute atomic E-state index is 13.5. The fourth-order valence-electron chi connectivity index (χ4n) is 5.19. The summed E-state index contributed by atoms with van der Waals surface area (Å²) in [6.45, 7) is 9.69. The van der Waals surface area contributed by atoms with Crippen LogP contribution in [0.3, 0.4) is 0 Å². The van der Waals surface area contributed by atoms with Gasteiger partial charge < -0.3 is 15.0 Å². The smallest absolute Gasteiger partial charge is 0.264 e. The topological polar surface area (TPSA) is 114 Å². The Hall–Kier alpha value is -3.21. The van der Waals surface area contributed by atoms with Gasteiger partial charge in [0.05, 0.1) is 17.1 Å². The summed E-state index contributed by atoms with van der Waals surface area (Å²) in [6, 6.07) is 13.7. The van der Waals surface area contributed by atoms with Gasteiger partial charge in [0, 0.05) is 36.3 Å². The highest BCUT2D eigenvalue weighted by Crippen LogP contribution is 2.31. The van der Waals surface area contributed by atoms with Gasteiger partial charge in [0.2, 0.25) is 11.8 Å². The molecule has 1 aromatic heterocycles. The van der Waals surface area contributed by atoms with Crippen molar-refractivity contribution in [1.82, 2.24) is 20.2 Å². The third-order valence-corrected chi connectivity index (χ3v) is 8.30. The molecule has 3 heterocycles. The number of hydrogen-bond donors (Lipinski definition) is 2. The molecule has 2 aliphatic heterocycles. The van der Waals surface area contributed by atoms with Crippen LogP contribution in [0.15, 0.2) is 53.4 Å². The molecule has 2 aromatic carbocycles. The van der Waals surface area contributed by atoms with Crippen LogP contribution in [0.1, 0.15) is 41.8 Å². The highest BCUT2D eigenvalue weighted by atomic mass is 35.5. The molecule has 6 bridgehead atoms. The van der Waals surface area contributed by atoms with E-state index in [1.807, 2.05) is 32.0 Å². The molecule has 1 amide bonds. The Bertz CT molecular complexity index is 1460. The zero-order valence-electron chi connectivity index (χ0n) is 22.5. The summed E-state index contributed by atoms with van der Waals surface area (Å²) in [5.41, 5.74) is 3.75. The van der Waals surface area contributed by atoms with E-state index in [2.05, 4.69) is 33.9 Å². The number of fused-ring (bicyclic) bond motifs is 6. The lowest BCUT2D eigenvalue weighted by Gasteiger charge is -2.30. The first-order valence-electron chi connectivity index (χ1n) is 12.9. The van der Waals surface area contributed by atoms with Crippen LogP contribution in [0, 0.1) is 19.8 Å². The number of carbonyl (C=O) groups is 1. The molecule has 1 saturated heterocycles. The molecule has 39 heavy (non-hydrogen) atoms. The standard InChI is InChI=1S/C28H33N5O4S.ClH/c1-17(2)13-22-24-16-33(12-11-29-22)27(34)20-9-6-10-21(14-20)38(35,36)32-28-30-23(15-25(31-28)37-24)26-18(3)7-5-8-19(26)4;/h5-10,14-15,17,22,24,29H,11-13,16H2,1-4H3,(H,30,31,32);1H/t22-,24+;/m1./s1. The molecule has 5 rings (SSSR count). The molecule has 1 fully saturated rings. The van der Waals surface area contributed by atoms with Crippen molar-refractivity contribution in [2.45, 2.75) is 51.2 Å². The van der Waals surface area contributed by atoms with Gasteiger partial charge in [-0.15, -0.1) is 12.4 Å². The number of aromatic nitrogens is 2. The van der Waals surface area contributed by atoms with Crippen molar-refractivity contribution < 1.29 is 17.9 Å². The number of sulfonamides is 1. The number of rotatable bonds is 3. The second-order valence-electron chi connectivity index (χ2n) is 10.4. The number of benzene rings is 2. The molecular formula is C28H34ClN5O4S. The minimum absolute atomic E-state index is 0. The van der Waals surface area contributed by atoms with Gasteiger partial charge >= 0.3 is 0 Å². The van der Waals surface area contributed by atoms with E-state index in [-0.39, 0.29) is 41.1 Å². The average molecular weight is 572 g/mol. The number of hydrogen-bond acceptors (Lipinski definition) is 7. The summed E-state index contributed by atoms with van der Waals surface area (Å²) < 4.78 is 35.7. The number of nitrogens with zero attached hydrogens (tertiary/aromatic N) is 3. The Labute approximate surface area is 235 Å². The van der Waals surface area contributed by atoms with Crippen molar-refractivity contribution in [3.05, 3.63) is 65.2 Å². The van der Waals surface area contributed by atoms with E-state index in [0.717, 1.165) is 23.1 Å². The molecule has 2 N–H and O–H groups in total. The van der Waals surface area contributed by atoms with Crippen LogP contribution < -0.4 is 14.8 Å². The van der Waals surface area contributed by atoms with Gasteiger partial charge in [-0.05, 0) is 55.5 Å². The van der Waals surface area contributed by atoms with Gasteiger partial charge in [-0.3, -0.25) is 4.79 Å². The summed E-state index contributed by atoms with van der Waals surface area (Å²) in [6.07, 6.45) is 0.439. The summed E-state index contributed by atoms with van der Waals surface area (Å²) in [5.74, 6) is 0.319. The molecule has 11 heteroatoms. The zero-order valence-corrected chi connectivity index (χ0v) is 24.1. The first-order chi connectivity index (χ1) is 18.1. The van der Waals surface area contributed by atoms with Gasteiger partial charge in [-0.25, -0.2) is 18.1 Å². The highest BCUT2D eigenvalue weighted by Gasteiger charge is 2.33. The Morgan fingerprint density at radius 2 is 1.79 bits per heavy atom. The van der Waals surface area contributed by atoms with E-state index in [1.165, 1.54) is 12.1 Å². The van der Waals surface area contributed by atoms with Crippen molar-refractivity contribution in [2.75, 3.05) is 24.4 Å². The van der Waals surface area contributed by atoms with Crippen LogP contribution in [0.4, 0.5) is 5.95 Å². The van der Waals surface area contributed by atoms with Crippen molar-refractivity contribution in [2.24, 2.45) is 5.92 Å². The lowest BCUT2D eigenvalue weighted by atomic mass is 9.98. The van der Waals surface area contributed by atoms with Crippen LogP contribution in [0.2, 0.25) is 0 Å². The Morgan fingerprint density at radius 3 is 2.51 bits per heavy atom. The normalized spacial score (nSPS) is 20.3. The SMILES string of the molecule is Cc1cccc(C)c1-c1cc2nc(n1)NS(=O)(=O)c1cccc(c1)C(=O)N1CCN[C@H](CC(C)C)[C@H](C1)O2.Cl. The second-order valence-corrected chi connectivity index (χ2v) is 12.1. The van der Waals surface area contributed by atoms with Crippen LogP contribution in [-0.4, -0.2) is 61.0 Å². The van der Waals surface area contributed by atoms with Crippen LogP contribution >= 0.6 is 12.4 Å². The molecule has 2 aliphatic rings. The Kier molecular flexibility index (Phi) is 8.48. The van der Waals surface area contributed by atoms with E-state index in [9.17, 15) is 13.2 Å². The number of anilines is 1.